The quantitative estimate of drug-likeness (QED) is 0.765. The van der Waals surface area contributed by atoms with E-state index in [-0.39, 0.29) is 17.4 Å². The van der Waals surface area contributed by atoms with Crippen LogP contribution in [0.15, 0.2) is 16.9 Å². The molecule has 1 saturated heterocycles. The lowest BCUT2D eigenvalue weighted by Crippen LogP contribution is -2.43. The van der Waals surface area contributed by atoms with Crippen LogP contribution in [0.3, 0.4) is 0 Å². The smallest absolute Gasteiger partial charge is 0.266 e. The number of aromatic nitrogens is 2. The molecule has 0 bridgehead atoms. The fraction of sp³-hybridized carbons (Fsp3) is 0.571. The molecule has 2 fully saturated rings. The Balaban J connectivity index is 1.53. The lowest BCUT2D eigenvalue weighted by atomic mass is 10.2. The van der Waals surface area contributed by atoms with Gasteiger partial charge < -0.3 is 10.6 Å². The lowest BCUT2D eigenvalue weighted by Gasteiger charge is -2.11. The highest BCUT2D eigenvalue weighted by Crippen LogP contribution is 2.38. The van der Waals surface area contributed by atoms with Crippen LogP contribution in [0.1, 0.15) is 37.3 Å². The van der Waals surface area contributed by atoms with Gasteiger partial charge in [0.15, 0.2) is 0 Å². The van der Waals surface area contributed by atoms with E-state index in [0.29, 0.717) is 31.8 Å². The second-order valence-corrected chi connectivity index (χ2v) is 5.54. The molecule has 21 heavy (non-hydrogen) atoms. The van der Waals surface area contributed by atoms with Crippen molar-refractivity contribution in [3.8, 4) is 0 Å². The number of hydrogen-bond donors (Lipinski definition) is 2. The Hall–Kier alpha value is -2.18. The van der Waals surface area contributed by atoms with Gasteiger partial charge >= 0.3 is 0 Å². The SMILES string of the molecule is O=C1CCC(C(=O)NCCn2nc(C3CC3)ccc2=O)N1. The molecular weight excluding hydrogens is 272 g/mol. The Bertz CT molecular complexity index is 621. The second-order valence-electron chi connectivity index (χ2n) is 5.54. The third-order valence-corrected chi connectivity index (χ3v) is 3.82. The van der Waals surface area contributed by atoms with Crippen molar-refractivity contribution in [2.45, 2.75) is 44.2 Å². The van der Waals surface area contributed by atoms with E-state index in [9.17, 15) is 14.4 Å². The summed E-state index contributed by atoms with van der Waals surface area (Å²) in [6.45, 7) is 0.665. The summed E-state index contributed by atoms with van der Waals surface area (Å²) < 4.78 is 1.39. The first-order valence-corrected chi connectivity index (χ1v) is 7.28. The van der Waals surface area contributed by atoms with E-state index in [4.69, 9.17) is 0 Å². The zero-order valence-electron chi connectivity index (χ0n) is 11.7. The Morgan fingerprint density at radius 2 is 2.14 bits per heavy atom. The zero-order valence-corrected chi connectivity index (χ0v) is 11.7. The highest BCUT2D eigenvalue weighted by atomic mass is 16.2. The average Bonchev–Trinajstić information content (AvgIpc) is 3.22. The molecule has 1 aromatic rings. The minimum absolute atomic E-state index is 0.0924. The van der Waals surface area contributed by atoms with Gasteiger partial charge in [-0.2, -0.15) is 5.10 Å². The first kappa shape index (κ1) is 13.8. The Labute approximate surface area is 121 Å². The van der Waals surface area contributed by atoms with Gasteiger partial charge in [-0.15, -0.1) is 0 Å². The topological polar surface area (TPSA) is 93.1 Å². The molecule has 1 aromatic heterocycles. The summed E-state index contributed by atoms with van der Waals surface area (Å²) in [5.74, 6) is 0.192. The largest absolute Gasteiger partial charge is 0.352 e. The van der Waals surface area contributed by atoms with Crippen molar-refractivity contribution in [1.82, 2.24) is 20.4 Å². The zero-order chi connectivity index (χ0) is 14.8. The minimum Gasteiger partial charge on any atom is -0.352 e. The van der Waals surface area contributed by atoms with E-state index in [1.807, 2.05) is 0 Å². The van der Waals surface area contributed by atoms with Crippen molar-refractivity contribution < 1.29 is 9.59 Å². The molecule has 7 nitrogen and oxygen atoms in total. The molecule has 0 aromatic carbocycles. The molecule has 2 amide bonds. The monoisotopic (exact) mass is 290 g/mol. The van der Waals surface area contributed by atoms with Gasteiger partial charge in [0, 0.05) is 24.9 Å². The minimum atomic E-state index is -0.444. The maximum absolute atomic E-state index is 11.8. The summed E-state index contributed by atoms with van der Waals surface area (Å²) in [7, 11) is 0. The molecule has 7 heteroatoms. The van der Waals surface area contributed by atoms with Gasteiger partial charge in [-0.3, -0.25) is 14.4 Å². The standard InChI is InChI=1S/C14H18N4O3/c19-12-5-3-11(16-12)14(21)15-7-8-18-13(20)6-4-10(17-18)9-1-2-9/h4,6,9,11H,1-3,5,7-8H2,(H,15,21)(H,16,19). The fourth-order valence-electron chi connectivity index (χ4n) is 2.44. The van der Waals surface area contributed by atoms with Gasteiger partial charge in [-0.25, -0.2) is 4.68 Å². The van der Waals surface area contributed by atoms with Crippen molar-refractivity contribution >= 4 is 11.8 Å². The van der Waals surface area contributed by atoms with Crippen LogP contribution in [0.25, 0.3) is 0 Å². The number of hydrogen-bond acceptors (Lipinski definition) is 4. The summed E-state index contributed by atoms with van der Waals surface area (Å²) in [5, 5.41) is 9.67. The van der Waals surface area contributed by atoms with Gasteiger partial charge in [-0.1, -0.05) is 0 Å². The predicted molar refractivity (Wildman–Crippen MR) is 74.6 cm³/mol. The van der Waals surface area contributed by atoms with Crippen LogP contribution in [-0.4, -0.2) is 34.2 Å². The third-order valence-electron chi connectivity index (χ3n) is 3.82. The van der Waals surface area contributed by atoms with Gasteiger partial charge in [-0.05, 0) is 25.3 Å². The van der Waals surface area contributed by atoms with Crippen LogP contribution in [0.4, 0.5) is 0 Å². The molecule has 1 aliphatic heterocycles. The summed E-state index contributed by atoms with van der Waals surface area (Å²) >= 11 is 0. The third kappa shape index (κ3) is 3.29. The Morgan fingerprint density at radius 3 is 2.81 bits per heavy atom. The number of nitrogens with zero attached hydrogens (tertiary/aromatic N) is 2. The van der Waals surface area contributed by atoms with Crippen molar-refractivity contribution in [2.24, 2.45) is 0 Å². The molecule has 112 valence electrons. The lowest BCUT2D eigenvalue weighted by molar-refractivity contribution is -0.125. The normalized spacial score (nSPS) is 21.1. The van der Waals surface area contributed by atoms with E-state index in [0.717, 1.165) is 18.5 Å². The van der Waals surface area contributed by atoms with Gasteiger partial charge in [0.2, 0.25) is 11.8 Å². The summed E-state index contributed by atoms with van der Waals surface area (Å²) in [6, 6.07) is 2.86. The van der Waals surface area contributed by atoms with Crippen molar-refractivity contribution in [3.05, 3.63) is 28.2 Å². The van der Waals surface area contributed by atoms with Crippen LogP contribution in [0, 0.1) is 0 Å². The molecule has 3 rings (SSSR count). The summed E-state index contributed by atoms with van der Waals surface area (Å²) in [5.41, 5.74) is 0.784. The summed E-state index contributed by atoms with van der Waals surface area (Å²) in [4.78, 5) is 34.6. The van der Waals surface area contributed by atoms with Crippen LogP contribution >= 0.6 is 0 Å². The number of nitrogens with one attached hydrogen (secondary N) is 2. The number of carbonyl (C=O) groups excluding carboxylic acids is 2. The van der Waals surface area contributed by atoms with Crippen LogP contribution < -0.4 is 16.2 Å². The highest BCUT2D eigenvalue weighted by Gasteiger charge is 2.27. The predicted octanol–water partition coefficient (Wildman–Crippen LogP) is -0.484. The molecule has 2 aliphatic rings. The molecule has 1 atom stereocenters. The average molecular weight is 290 g/mol. The maximum atomic E-state index is 11.8. The van der Waals surface area contributed by atoms with Crippen LogP contribution in [0.5, 0.6) is 0 Å². The maximum Gasteiger partial charge on any atom is 0.266 e. The number of rotatable bonds is 5. The second kappa shape index (κ2) is 5.67. The first-order valence-electron chi connectivity index (χ1n) is 7.28. The van der Waals surface area contributed by atoms with E-state index in [2.05, 4.69) is 15.7 Å². The van der Waals surface area contributed by atoms with Gasteiger partial charge in [0.1, 0.15) is 6.04 Å². The van der Waals surface area contributed by atoms with Crippen molar-refractivity contribution in [1.29, 1.82) is 0 Å². The van der Waals surface area contributed by atoms with Crippen molar-refractivity contribution in [3.63, 3.8) is 0 Å². The van der Waals surface area contributed by atoms with Crippen LogP contribution in [0.2, 0.25) is 0 Å². The van der Waals surface area contributed by atoms with E-state index in [1.165, 1.54) is 10.7 Å². The molecule has 2 N–H and O–H groups in total. The summed E-state index contributed by atoms with van der Waals surface area (Å²) in [6.07, 6.45) is 3.18. The van der Waals surface area contributed by atoms with Gasteiger partial charge in [0.25, 0.3) is 5.56 Å². The van der Waals surface area contributed by atoms with Crippen molar-refractivity contribution in [2.75, 3.05) is 6.54 Å². The van der Waals surface area contributed by atoms with Crippen LogP contribution in [-0.2, 0) is 16.1 Å². The van der Waals surface area contributed by atoms with E-state index < -0.39 is 6.04 Å². The molecule has 1 saturated carbocycles. The molecule has 0 radical (unpaired) electrons. The molecule has 1 unspecified atom stereocenters. The first-order chi connectivity index (χ1) is 10.1. The molecule has 1 aliphatic carbocycles. The molecule has 2 heterocycles. The molecular formula is C14H18N4O3. The fourth-order valence-corrected chi connectivity index (χ4v) is 2.44. The highest BCUT2D eigenvalue weighted by molar-refractivity contribution is 5.90. The Morgan fingerprint density at radius 1 is 1.33 bits per heavy atom. The van der Waals surface area contributed by atoms with E-state index >= 15 is 0 Å². The molecule has 0 spiro atoms. The number of carbonyl (C=O) groups is 2. The number of amides is 2. The Kier molecular flexibility index (Phi) is 3.72. The van der Waals surface area contributed by atoms with E-state index in [1.54, 1.807) is 6.07 Å². The van der Waals surface area contributed by atoms with Gasteiger partial charge in [0.05, 0.1) is 12.2 Å².